The maximum absolute atomic E-state index is 12.4. The summed E-state index contributed by atoms with van der Waals surface area (Å²) in [6.07, 6.45) is -0.885. The molecule has 0 heterocycles. The largest absolute Gasteiger partial charge is 0.413 e. The zero-order chi connectivity index (χ0) is 17.9. The quantitative estimate of drug-likeness (QED) is 0.575. The Bertz CT molecular complexity index is 366. The van der Waals surface area contributed by atoms with E-state index in [1.165, 1.54) is 12.2 Å². The predicted molar refractivity (Wildman–Crippen MR) is 91.9 cm³/mol. The zero-order valence-corrected chi connectivity index (χ0v) is 16.9. The summed E-state index contributed by atoms with van der Waals surface area (Å²) in [5.74, 6) is -0.666. The van der Waals surface area contributed by atoms with Crippen molar-refractivity contribution in [2.75, 3.05) is 14.2 Å². The van der Waals surface area contributed by atoms with Gasteiger partial charge in [-0.1, -0.05) is 34.6 Å². The van der Waals surface area contributed by atoms with Crippen molar-refractivity contribution in [3.63, 3.8) is 0 Å². The maximum atomic E-state index is 12.4. The number of aliphatic hydroxyl groups excluding tert-OH is 1. The van der Waals surface area contributed by atoms with Gasteiger partial charge in [-0.2, -0.15) is 0 Å². The van der Waals surface area contributed by atoms with Crippen molar-refractivity contribution in [2.45, 2.75) is 71.9 Å². The summed E-state index contributed by atoms with van der Waals surface area (Å²) in [5.41, 5.74) is 0. The molecule has 0 saturated carbocycles. The first-order valence-electron chi connectivity index (χ1n) is 7.93. The van der Waals surface area contributed by atoms with E-state index in [9.17, 15) is 9.90 Å². The standard InChI is InChI=1S/C16H35NO4Si/c1-11(13(3)18)14(12(2)15(19)17(7)20-8)21-22(9,10)16(4,5)6/h11-14,18H,1-10H3/t11-,12?,13?,14?/m0/s1. The van der Waals surface area contributed by atoms with Crippen molar-refractivity contribution in [3.8, 4) is 0 Å². The van der Waals surface area contributed by atoms with Crippen LogP contribution in [0.25, 0.3) is 0 Å². The van der Waals surface area contributed by atoms with E-state index in [1.54, 1.807) is 14.0 Å². The molecule has 3 unspecified atom stereocenters. The van der Waals surface area contributed by atoms with Crippen molar-refractivity contribution in [1.82, 2.24) is 5.06 Å². The van der Waals surface area contributed by atoms with E-state index in [0.29, 0.717) is 0 Å². The van der Waals surface area contributed by atoms with Crippen LogP contribution in [0.5, 0.6) is 0 Å². The SMILES string of the molecule is CON(C)C(=O)C(C)C(O[Si](C)(C)C(C)(C)C)[C@@H](C)C(C)O. The van der Waals surface area contributed by atoms with Crippen LogP contribution in [0.15, 0.2) is 0 Å². The van der Waals surface area contributed by atoms with Crippen molar-refractivity contribution < 1.29 is 19.2 Å². The molecule has 0 bridgehead atoms. The molecular formula is C16H35NO4Si. The lowest BCUT2D eigenvalue weighted by atomic mass is 9.89. The molecule has 0 fully saturated rings. The first-order chi connectivity index (χ1) is 9.76. The van der Waals surface area contributed by atoms with Crippen LogP contribution in [-0.2, 0) is 14.1 Å². The van der Waals surface area contributed by atoms with E-state index in [2.05, 4.69) is 33.9 Å². The second-order valence-corrected chi connectivity index (χ2v) is 12.5. The highest BCUT2D eigenvalue weighted by Crippen LogP contribution is 2.39. The second kappa shape index (κ2) is 7.90. The number of hydrogen-bond acceptors (Lipinski definition) is 4. The fourth-order valence-electron chi connectivity index (χ4n) is 1.97. The highest BCUT2D eigenvalue weighted by Gasteiger charge is 2.43. The summed E-state index contributed by atoms with van der Waals surface area (Å²) in [6, 6.07) is 0. The van der Waals surface area contributed by atoms with Crippen LogP contribution >= 0.6 is 0 Å². The molecule has 0 rings (SSSR count). The third kappa shape index (κ3) is 5.33. The molecule has 1 amide bonds. The molecule has 6 heteroatoms. The summed E-state index contributed by atoms with van der Waals surface area (Å²) in [4.78, 5) is 17.4. The number of hydrogen-bond donors (Lipinski definition) is 1. The molecule has 0 aromatic rings. The number of amides is 1. The molecule has 0 aliphatic carbocycles. The monoisotopic (exact) mass is 333 g/mol. The van der Waals surface area contributed by atoms with Gasteiger partial charge in [0.25, 0.3) is 5.91 Å². The van der Waals surface area contributed by atoms with Crippen molar-refractivity contribution in [2.24, 2.45) is 11.8 Å². The van der Waals surface area contributed by atoms with E-state index in [0.717, 1.165) is 0 Å². The van der Waals surface area contributed by atoms with Gasteiger partial charge in [-0.15, -0.1) is 0 Å². The summed E-state index contributed by atoms with van der Waals surface area (Å²) in [6.45, 7) is 16.3. The van der Waals surface area contributed by atoms with Gasteiger partial charge < -0.3 is 9.53 Å². The van der Waals surface area contributed by atoms with Crippen molar-refractivity contribution in [1.29, 1.82) is 0 Å². The van der Waals surface area contributed by atoms with Crippen LogP contribution in [-0.4, -0.2) is 50.8 Å². The third-order valence-corrected chi connectivity index (χ3v) is 9.46. The number of carbonyl (C=O) groups excluding carboxylic acids is 1. The van der Waals surface area contributed by atoms with Crippen LogP contribution in [0.4, 0.5) is 0 Å². The van der Waals surface area contributed by atoms with Gasteiger partial charge in [0.15, 0.2) is 8.32 Å². The molecule has 0 aliphatic rings. The van der Waals surface area contributed by atoms with E-state index < -0.39 is 14.4 Å². The molecule has 0 spiro atoms. The molecule has 1 N–H and O–H groups in total. The third-order valence-electron chi connectivity index (χ3n) is 4.98. The van der Waals surface area contributed by atoms with Crippen LogP contribution in [0.2, 0.25) is 18.1 Å². The van der Waals surface area contributed by atoms with Crippen LogP contribution < -0.4 is 0 Å². The van der Waals surface area contributed by atoms with Gasteiger partial charge in [0.2, 0.25) is 0 Å². The lowest BCUT2D eigenvalue weighted by Gasteiger charge is -2.43. The minimum atomic E-state index is -2.05. The number of nitrogens with zero attached hydrogens (tertiary/aromatic N) is 1. The van der Waals surface area contributed by atoms with Crippen molar-refractivity contribution in [3.05, 3.63) is 0 Å². The molecular weight excluding hydrogens is 298 g/mol. The average Bonchev–Trinajstić information content (AvgIpc) is 2.40. The van der Waals surface area contributed by atoms with Gasteiger partial charge in [-0.05, 0) is 25.1 Å². The molecule has 4 atom stereocenters. The molecule has 132 valence electrons. The van der Waals surface area contributed by atoms with E-state index in [-0.39, 0.29) is 28.9 Å². The Morgan fingerprint density at radius 1 is 1.18 bits per heavy atom. The Kier molecular flexibility index (Phi) is 7.75. The fourth-order valence-corrected chi connectivity index (χ4v) is 3.43. The second-order valence-electron chi connectivity index (χ2n) is 7.75. The fraction of sp³-hybridized carbons (Fsp3) is 0.938. The van der Waals surface area contributed by atoms with Gasteiger partial charge >= 0.3 is 0 Å². The van der Waals surface area contributed by atoms with Gasteiger partial charge in [0.1, 0.15) is 0 Å². The van der Waals surface area contributed by atoms with E-state index >= 15 is 0 Å². The highest BCUT2D eigenvalue weighted by atomic mass is 28.4. The Labute approximate surface area is 137 Å². The lowest BCUT2D eigenvalue weighted by molar-refractivity contribution is -0.177. The molecule has 0 radical (unpaired) electrons. The zero-order valence-electron chi connectivity index (χ0n) is 15.9. The molecule has 5 nitrogen and oxygen atoms in total. The van der Waals surface area contributed by atoms with Crippen LogP contribution in [0, 0.1) is 11.8 Å². The normalized spacial score (nSPS) is 18.5. The van der Waals surface area contributed by atoms with Gasteiger partial charge in [0.05, 0.1) is 25.2 Å². The Balaban J connectivity index is 5.44. The predicted octanol–water partition coefficient (Wildman–Crippen LogP) is 3.05. The van der Waals surface area contributed by atoms with Gasteiger partial charge in [-0.25, -0.2) is 5.06 Å². The number of carbonyl (C=O) groups is 1. The first kappa shape index (κ1) is 21.6. The summed E-state index contributed by atoms with van der Waals surface area (Å²) in [7, 11) is 1.00. The number of aliphatic hydroxyl groups is 1. The molecule has 0 aromatic heterocycles. The lowest BCUT2D eigenvalue weighted by Crippen LogP contribution is -2.51. The van der Waals surface area contributed by atoms with Gasteiger partial charge in [0, 0.05) is 13.0 Å². The number of rotatable bonds is 7. The summed E-state index contributed by atoms with van der Waals surface area (Å²) < 4.78 is 6.48. The summed E-state index contributed by atoms with van der Waals surface area (Å²) in [5, 5.41) is 11.3. The Morgan fingerprint density at radius 3 is 1.95 bits per heavy atom. The summed E-state index contributed by atoms with van der Waals surface area (Å²) >= 11 is 0. The highest BCUT2D eigenvalue weighted by molar-refractivity contribution is 6.74. The smallest absolute Gasteiger partial charge is 0.251 e. The topological polar surface area (TPSA) is 59.0 Å². The van der Waals surface area contributed by atoms with Crippen molar-refractivity contribution >= 4 is 14.2 Å². The van der Waals surface area contributed by atoms with Crippen LogP contribution in [0.1, 0.15) is 41.5 Å². The maximum Gasteiger partial charge on any atom is 0.251 e. The Morgan fingerprint density at radius 2 is 1.64 bits per heavy atom. The molecule has 22 heavy (non-hydrogen) atoms. The van der Waals surface area contributed by atoms with E-state index in [4.69, 9.17) is 9.26 Å². The van der Waals surface area contributed by atoms with Crippen LogP contribution in [0.3, 0.4) is 0 Å². The average molecular weight is 334 g/mol. The minimum Gasteiger partial charge on any atom is -0.413 e. The van der Waals surface area contributed by atoms with Gasteiger partial charge in [-0.3, -0.25) is 9.63 Å². The first-order valence-corrected chi connectivity index (χ1v) is 10.8. The minimum absolute atomic E-state index is 0.0413. The number of hydroxylamine groups is 2. The molecule has 0 saturated heterocycles. The molecule has 0 aliphatic heterocycles. The van der Waals surface area contributed by atoms with E-state index in [1.807, 2.05) is 13.8 Å². The Hall–Kier alpha value is -0.433. The molecule has 0 aromatic carbocycles.